The summed E-state index contributed by atoms with van der Waals surface area (Å²) >= 11 is 0. The van der Waals surface area contributed by atoms with Crippen molar-refractivity contribution in [1.82, 2.24) is 0 Å². The zero-order valence-corrected chi connectivity index (χ0v) is 10.4. The Morgan fingerprint density at radius 1 is 1.24 bits per heavy atom. The van der Waals surface area contributed by atoms with Crippen molar-refractivity contribution in [3.63, 3.8) is 0 Å². The van der Waals surface area contributed by atoms with E-state index in [1.165, 1.54) is 0 Å². The molecule has 0 radical (unpaired) electrons. The van der Waals surface area contributed by atoms with Crippen molar-refractivity contribution in [3.8, 4) is 11.5 Å². The van der Waals surface area contributed by atoms with Crippen LogP contribution in [-0.2, 0) is 9.47 Å². The zero-order valence-electron chi connectivity index (χ0n) is 10.4. The van der Waals surface area contributed by atoms with Crippen LogP contribution >= 0.6 is 0 Å². The Labute approximate surface area is 101 Å². The van der Waals surface area contributed by atoms with Gasteiger partial charge in [0.1, 0.15) is 24.2 Å². The van der Waals surface area contributed by atoms with Crippen LogP contribution < -0.4 is 9.47 Å². The maximum absolute atomic E-state index is 5.64. The Morgan fingerprint density at radius 3 is 2.41 bits per heavy atom. The highest BCUT2D eigenvalue weighted by Gasteiger charge is 2.32. The Balaban J connectivity index is 1.82. The van der Waals surface area contributed by atoms with Crippen LogP contribution in [0.25, 0.3) is 0 Å². The molecule has 1 heterocycles. The van der Waals surface area contributed by atoms with Gasteiger partial charge in [0.2, 0.25) is 0 Å². The molecule has 2 rings (SSSR count). The molecule has 0 bridgehead atoms. The summed E-state index contributed by atoms with van der Waals surface area (Å²) < 4.78 is 21.8. The molecule has 0 amide bonds. The molecule has 1 atom stereocenters. The molecular formula is C13H18O4. The minimum absolute atomic E-state index is 0.00731. The fraction of sp³-hybridized carbons (Fsp3) is 0.538. The largest absolute Gasteiger partial charge is 0.497 e. The van der Waals surface area contributed by atoms with Crippen molar-refractivity contribution in [1.29, 1.82) is 0 Å². The lowest BCUT2D eigenvalue weighted by Crippen LogP contribution is -2.25. The summed E-state index contributed by atoms with van der Waals surface area (Å²) in [7, 11) is 1.64. The predicted octanol–water partition coefficient (Wildman–Crippen LogP) is 2.23. The summed E-state index contributed by atoms with van der Waals surface area (Å²) in [5, 5.41) is 0. The molecule has 1 aliphatic rings. The maximum atomic E-state index is 5.64. The highest BCUT2D eigenvalue weighted by molar-refractivity contribution is 5.31. The van der Waals surface area contributed by atoms with E-state index >= 15 is 0 Å². The molecule has 1 aromatic carbocycles. The van der Waals surface area contributed by atoms with Gasteiger partial charge < -0.3 is 18.9 Å². The SMILES string of the molecule is COc1ccc(OCC2COC(C)(C)O2)cc1. The molecule has 0 spiro atoms. The summed E-state index contributed by atoms with van der Waals surface area (Å²) in [6.45, 7) is 4.87. The van der Waals surface area contributed by atoms with E-state index in [1.807, 2.05) is 38.1 Å². The van der Waals surface area contributed by atoms with Crippen molar-refractivity contribution in [2.45, 2.75) is 25.7 Å². The van der Waals surface area contributed by atoms with Gasteiger partial charge in [-0.2, -0.15) is 0 Å². The van der Waals surface area contributed by atoms with E-state index in [1.54, 1.807) is 7.11 Å². The fourth-order valence-electron chi connectivity index (χ4n) is 1.71. The van der Waals surface area contributed by atoms with Crippen molar-refractivity contribution in [3.05, 3.63) is 24.3 Å². The van der Waals surface area contributed by atoms with Crippen molar-refractivity contribution in [2.75, 3.05) is 20.3 Å². The second kappa shape index (κ2) is 4.94. The molecule has 0 aliphatic carbocycles. The van der Waals surface area contributed by atoms with Gasteiger partial charge in [-0.1, -0.05) is 0 Å². The van der Waals surface area contributed by atoms with Gasteiger partial charge in [-0.25, -0.2) is 0 Å². The van der Waals surface area contributed by atoms with Gasteiger partial charge in [-0.3, -0.25) is 0 Å². The first-order chi connectivity index (χ1) is 8.09. The lowest BCUT2D eigenvalue weighted by atomic mass is 10.3. The number of ether oxygens (including phenoxy) is 4. The summed E-state index contributed by atoms with van der Waals surface area (Å²) in [5.41, 5.74) is 0. The van der Waals surface area contributed by atoms with E-state index in [4.69, 9.17) is 18.9 Å². The Morgan fingerprint density at radius 2 is 1.88 bits per heavy atom. The molecule has 0 aromatic heterocycles. The molecule has 17 heavy (non-hydrogen) atoms. The molecule has 94 valence electrons. The quantitative estimate of drug-likeness (QED) is 0.806. The molecular weight excluding hydrogens is 220 g/mol. The summed E-state index contributed by atoms with van der Waals surface area (Å²) in [6, 6.07) is 7.48. The standard InChI is InChI=1S/C13H18O4/c1-13(2)16-9-12(17-13)8-15-11-6-4-10(14-3)5-7-11/h4-7,12H,8-9H2,1-3H3. The van der Waals surface area contributed by atoms with Gasteiger partial charge in [0.15, 0.2) is 5.79 Å². The lowest BCUT2D eigenvalue weighted by molar-refractivity contribution is -0.141. The van der Waals surface area contributed by atoms with Crippen LogP contribution in [0.3, 0.4) is 0 Å². The van der Waals surface area contributed by atoms with Crippen molar-refractivity contribution in [2.24, 2.45) is 0 Å². The minimum Gasteiger partial charge on any atom is -0.497 e. The third-order valence-electron chi connectivity index (χ3n) is 2.56. The number of hydrogen-bond acceptors (Lipinski definition) is 4. The first-order valence-electron chi connectivity index (χ1n) is 5.68. The molecule has 4 nitrogen and oxygen atoms in total. The number of benzene rings is 1. The number of methoxy groups -OCH3 is 1. The van der Waals surface area contributed by atoms with Crippen LogP contribution in [0.2, 0.25) is 0 Å². The molecule has 1 unspecified atom stereocenters. The summed E-state index contributed by atoms with van der Waals surface area (Å²) in [4.78, 5) is 0. The first-order valence-corrected chi connectivity index (χ1v) is 5.68. The van der Waals surface area contributed by atoms with Gasteiger partial charge in [0.05, 0.1) is 13.7 Å². The van der Waals surface area contributed by atoms with Crippen LogP contribution in [0.4, 0.5) is 0 Å². The van der Waals surface area contributed by atoms with Crippen LogP contribution in [-0.4, -0.2) is 32.2 Å². The Bertz CT molecular complexity index is 358. The van der Waals surface area contributed by atoms with Crippen molar-refractivity contribution < 1.29 is 18.9 Å². The van der Waals surface area contributed by atoms with Crippen LogP contribution in [0.1, 0.15) is 13.8 Å². The topological polar surface area (TPSA) is 36.9 Å². The van der Waals surface area contributed by atoms with Gasteiger partial charge in [-0.05, 0) is 38.1 Å². The third kappa shape index (κ3) is 3.35. The molecule has 0 saturated carbocycles. The summed E-state index contributed by atoms with van der Waals surface area (Å²) in [6.07, 6.45) is -0.00731. The van der Waals surface area contributed by atoms with E-state index in [0.29, 0.717) is 13.2 Å². The maximum Gasteiger partial charge on any atom is 0.163 e. The van der Waals surface area contributed by atoms with Gasteiger partial charge >= 0.3 is 0 Å². The minimum atomic E-state index is -0.492. The Kier molecular flexibility index (Phi) is 3.54. The Hall–Kier alpha value is -1.26. The van der Waals surface area contributed by atoms with Gasteiger partial charge in [-0.15, -0.1) is 0 Å². The molecule has 1 fully saturated rings. The fourth-order valence-corrected chi connectivity index (χ4v) is 1.71. The van der Waals surface area contributed by atoms with Gasteiger partial charge in [0, 0.05) is 0 Å². The average molecular weight is 238 g/mol. The van der Waals surface area contributed by atoms with E-state index in [-0.39, 0.29) is 6.10 Å². The second-order valence-electron chi connectivity index (χ2n) is 4.44. The highest BCUT2D eigenvalue weighted by atomic mass is 16.7. The third-order valence-corrected chi connectivity index (χ3v) is 2.56. The smallest absolute Gasteiger partial charge is 0.163 e. The highest BCUT2D eigenvalue weighted by Crippen LogP contribution is 2.23. The lowest BCUT2D eigenvalue weighted by Gasteiger charge is -2.17. The second-order valence-corrected chi connectivity index (χ2v) is 4.44. The molecule has 1 aromatic rings. The first kappa shape index (κ1) is 12.2. The van der Waals surface area contributed by atoms with E-state index in [9.17, 15) is 0 Å². The van der Waals surface area contributed by atoms with Crippen molar-refractivity contribution >= 4 is 0 Å². The molecule has 4 heteroatoms. The monoisotopic (exact) mass is 238 g/mol. The molecule has 1 aliphatic heterocycles. The normalized spacial score (nSPS) is 22.4. The van der Waals surface area contributed by atoms with E-state index in [2.05, 4.69) is 0 Å². The zero-order chi connectivity index (χ0) is 12.3. The van der Waals surface area contributed by atoms with Crippen LogP contribution in [0.15, 0.2) is 24.3 Å². The van der Waals surface area contributed by atoms with Crippen LogP contribution in [0, 0.1) is 0 Å². The molecule has 0 N–H and O–H groups in total. The van der Waals surface area contributed by atoms with Crippen LogP contribution in [0.5, 0.6) is 11.5 Å². The van der Waals surface area contributed by atoms with E-state index in [0.717, 1.165) is 11.5 Å². The number of hydrogen-bond donors (Lipinski definition) is 0. The molecule has 1 saturated heterocycles. The van der Waals surface area contributed by atoms with E-state index < -0.39 is 5.79 Å². The summed E-state index contributed by atoms with van der Waals surface area (Å²) in [5.74, 6) is 1.13. The average Bonchev–Trinajstić information content (AvgIpc) is 2.67. The number of rotatable bonds is 4. The van der Waals surface area contributed by atoms with Gasteiger partial charge in [0.25, 0.3) is 0 Å². The predicted molar refractivity (Wildman–Crippen MR) is 63.4 cm³/mol.